The minimum Gasteiger partial charge on any atom is -0.399 e. The number of nitrogen functional groups attached to an aromatic ring is 1. The number of unbranched alkanes of at least 4 members (excludes halogenated alkanes) is 1. The van der Waals surface area contributed by atoms with Crippen LogP contribution >= 0.6 is 12.4 Å². The fourth-order valence-electron chi connectivity index (χ4n) is 3.16. The maximum Gasteiger partial charge on any atom is 0.261 e. The van der Waals surface area contributed by atoms with Crippen LogP contribution in [0.3, 0.4) is 0 Å². The number of carbonyl (C=O) groups is 3. The number of nitrogens with two attached hydrogens (primary N) is 1. The normalized spacial score (nSPS) is 12.5. The van der Waals surface area contributed by atoms with Gasteiger partial charge < -0.3 is 11.1 Å². The van der Waals surface area contributed by atoms with Crippen LogP contribution in [-0.2, 0) is 11.2 Å². The molecule has 2 aromatic rings. The molecule has 28 heavy (non-hydrogen) atoms. The molecule has 0 unspecified atom stereocenters. The number of carbonyl (C=O) groups excluding carboxylic acids is 3. The summed E-state index contributed by atoms with van der Waals surface area (Å²) in [6.07, 6.45) is 2.34. The monoisotopic (exact) mass is 401 g/mol. The summed E-state index contributed by atoms with van der Waals surface area (Å²) < 4.78 is 0. The molecular formula is C21H24ClN3O3. The lowest BCUT2D eigenvalue weighted by atomic mass is 10.1. The van der Waals surface area contributed by atoms with Crippen LogP contribution in [0.1, 0.15) is 45.5 Å². The van der Waals surface area contributed by atoms with Crippen molar-refractivity contribution in [3.05, 3.63) is 65.2 Å². The number of nitrogens with one attached hydrogen (secondary N) is 1. The zero-order chi connectivity index (χ0) is 19.2. The van der Waals surface area contributed by atoms with E-state index in [2.05, 4.69) is 5.32 Å². The molecule has 0 spiro atoms. The maximum absolute atomic E-state index is 12.3. The number of hydrogen-bond donors (Lipinski definition) is 2. The smallest absolute Gasteiger partial charge is 0.261 e. The number of benzene rings is 2. The largest absolute Gasteiger partial charge is 0.399 e. The molecule has 0 aromatic heterocycles. The minimum atomic E-state index is -0.236. The highest BCUT2D eigenvalue weighted by atomic mass is 35.5. The van der Waals surface area contributed by atoms with Gasteiger partial charge >= 0.3 is 0 Å². The summed E-state index contributed by atoms with van der Waals surface area (Å²) >= 11 is 0. The summed E-state index contributed by atoms with van der Waals surface area (Å²) in [5.74, 6) is -0.501. The Bertz CT molecular complexity index is 834. The Morgan fingerprint density at radius 3 is 2.18 bits per heavy atom. The number of halogens is 1. The number of fused-ring (bicyclic) bond motifs is 1. The van der Waals surface area contributed by atoms with E-state index in [1.165, 1.54) is 4.90 Å². The summed E-state index contributed by atoms with van der Waals surface area (Å²) in [4.78, 5) is 37.7. The predicted molar refractivity (Wildman–Crippen MR) is 110 cm³/mol. The Morgan fingerprint density at radius 1 is 0.929 bits per heavy atom. The molecule has 2 aromatic carbocycles. The zero-order valence-electron chi connectivity index (χ0n) is 15.5. The molecule has 0 radical (unpaired) electrons. The van der Waals surface area contributed by atoms with Crippen LogP contribution in [0, 0.1) is 0 Å². The molecule has 7 heteroatoms. The van der Waals surface area contributed by atoms with Gasteiger partial charge in [0.05, 0.1) is 11.1 Å². The Labute approximate surface area is 170 Å². The summed E-state index contributed by atoms with van der Waals surface area (Å²) in [6, 6.07) is 14.4. The molecule has 0 atom stereocenters. The fraction of sp³-hybridized carbons (Fsp3) is 0.286. The van der Waals surface area contributed by atoms with Crippen molar-refractivity contribution < 1.29 is 14.4 Å². The van der Waals surface area contributed by atoms with E-state index in [1.54, 1.807) is 24.3 Å². The first kappa shape index (κ1) is 21.4. The van der Waals surface area contributed by atoms with E-state index >= 15 is 0 Å². The van der Waals surface area contributed by atoms with E-state index in [0.717, 1.165) is 5.56 Å². The number of para-hydroxylation sites is 1. The van der Waals surface area contributed by atoms with Gasteiger partial charge in [-0.15, -0.1) is 12.4 Å². The molecule has 0 saturated carbocycles. The van der Waals surface area contributed by atoms with Crippen molar-refractivity contribution in [3.8, 4) is 0 Å². The second kappa shape index (κ2) is 9.90. The van der Waals surface area contributed by atoms with Gasteiger partial charge in [0.2, 0.25) is 5.91 Å². The molecule has 1 heterocycles. The van der Waals surface area contributed by atoms with E-state index in [0.29, 0.717) is 55.6 Å². The van der Waals surface area contributed by atoms with Crippen LogP contribution in [0.4, 0.5) is 5.69 Å². The number of hydrogen-bond acceptors (Lipinski definition) is 4. The van der Waals surface area contributed by atoms with Crippen molar-refractivity contribution >= 4 is 35.8 Å². The van der Waals surface area contributed by atoms with E-state index in [9.17, 15) is 14.4 Å². The number of amides is 3. The maximum atomic E-state index is 12.3. The van der Waals surface area contributed by atoms with Crippen molar-refractivity contribution in [1.29, 1.82) is 0 Å². The first-order valence-electron chi connectivity index (χ1n) is 9.13. The van der Waals surface area contributed by atoms with Gasteiger partial charge in [-0.25, -0.2) is 0 Å². The summed E-state index contributed by atoms with van der Waals surface area (Å²) in [5.41, 5.74) is 8.48. The summed E-state index contributed by atoms with van der Waals surface area (Å²) in [6.45, 7) is 0.884. The highest BCUT2D eigenvalue weighted by Gasteiger charge is 2.34. The number of imide groups is 1. The van der Waals surface area contributed by atoms with Gasteiger partial charge in [-0.3, -0.25) is 19.3 Å². The van der Waals surface area contributed by atoms with Gasteiger partial charge in [-0.05, 0) is 43.0 Å². The number of anilines is 1. The Morgan fingerprint density at radius 2 is 1.54 bits per heavy atom. The third kappa shape index (κ3) is 4.89. The molecule has 6 nitrogen and oxygen atoms in total. The average molecular weight is 402 g/mol. The Kier molecular flexibility index (Phi) is 7.58. The Hall–Kier alpha value is -2.86. The molecule has 0 saturated heterocycles. The summed E-state index contributed by atoms with van der Waals surface area (Å²) in [5, 5.41) is 2.87. The molecule has 0 bridgehead atoms. The third-order valence-electron chi connectivity index (χ3n) is 4.69. The lowest BCUT2D eigenvalue weighted by Crippen LogP contribution is -2.31. The molecule has 3 rings (SSSR count). The number of nitrogens with zero attached hydrogens (tertiary/aromatic N) is 1. The van der Waals surface area contributed by atoms with Gasteiger partial charge in [-0.1, -0.05) is 30.3 Å². The quantitative estimate of drug-likeness (QED) is 0.404. The molecule has 3 amide bonds. The molecule has 0 fully saturated rings. The molecule has 0 aliphatic carbocycles. The van der Waals surface area contributed by atoms with Crippen molar-refractivity contribution in [1.82, 2.24) is 10.2 Å². The van der Waals surface area contributed by atoms with E-state index < -0.39 is 0 Å². The molecule has 3 N–H and O–H groups in total. The van der Waals surface area contributed by atoms with Gasteiger partial charge in [0.1, 0.15) is 0 Å². The average Bonchev–Trinajstić information content (AvgIpc) is 2.92. The van der Waals surface area contributed by atoms with Crippen LogP contribution in [0.5, 0.6) is 0 Å². The Balaban J connectivity index is 0.00000280. The van der Waals surface area contributed by atoms with Gasteiger partial charge in [0, 0.05) is 25.2 Å². The second-order valence-corrected chi connectivity index (χ2v) is 6.56. The standard InChI is InChI=1S/C21H23N3O3.ClH/c22-18-10-4-1-7-15(18)11-12-19(25)23-13-5-6-14-24-20(26)16-8-2-3-9-17(16)21(24)27;/h1-4,7-10H,5-6,11-14,22H2,(H,23,25);1H. The van der Waals surface area contributed by atoms with Gasteiger partial charge in [0.25, 0.3) is 11.8 Å². The van der Waals surface area contributed by atoms with Crippen LogP contribution in [0.2, 0.25) is 0 Å². The van der Waals surface area contributed by atoms with Crippen molar-refractivity contribution in [3.63, 3.8) is 0 Å². The lowest BCUT2D eigenvalue weighted by Gasteiger charge is -2.13. The van der Waals surface area contributed by atoms with Crippen molar-refractivity contribution in [2.24, 2.45) is 0 Å². The van der Waals surface area contributed by atoms with Crippen molar-refractivity contribution in [2.75, 3.05) is 18.8 Å². The molecular weight excluding hydrogens is 378 g/mol. The van der Waals surface area contributed by atoms with Gasteiger partial charge in [-0.2, -0.15) is 0 Å². The predicted octanol–water partition coefficient (Wildman–Crippen LogP) is 2.82. The van der Waals surface area contributed by atoms with Crippen molar-refractivity contribution in [2.45, 2.75) is 25.7 Å². The third-order valence-corrected chi connectivity index (χ3v) is 4.69. The van der Waals surface area contributed by atoms with Crippen LogP contribution in [0.25, 0.3) is 0 Å². The topological polar surface area (TPSA) is 92.5 Å². The first-order valence-corrected chi connectivity index (χ1v) is 9.13. The zero-order valence-corrected chi connectivity index (χ0v) is 16.3. The first-order chi connectivity index (χ1) is 13.1. The molecule has 1 aliphatic heterocycles. The highest BCUT2D eigenvalue weighted by Crippen LogP contribution is 2.22. The van der Waals surface area contributed by atoms with E-state index in [1.807, 2.05) is 24.3 Å². The molecule has 148 valence electrons. The number of rotatable bonds is 8. The van der Waals surface area contributed by atoms with E-state index in [-0.39, 0.29) is 30.1 Å². The van der Waals surface area contributed by atoms with Crippen LogP contribution in [-0.4, -0.2) is 35.7 Å². The highest BCUT2D eigenvalue weighted by molar-refractivity contribution is 6.21. The number of aryl methyl sites for hydroxylation is 1. The second-order valence-electron chi connectivity index (χ2n) is 6.56. The van der Waals surface area contributed by atoms with Crippen LogP contribution in [0.15, 0.2) is 48.5 Å². The SMILES string of the molecule is Cl.Nc1ccccc1CCC(=O)NCCCCN1C(=O)c2ccccc2C1=O. The minimum absolute atomic E-state index is 0. The summed E-state index contributed by atoms with van der Waals surface area (Å²) in [7, 11) is 0. The van der Waals surface area contributed by atoms with E-state index in [4.69, 9.17) is 5.73 Å². The molecule has 1 aliphatic rings. The van der Waals surface area contributed by atoms with Gasteiger partial charge in [0.15, 0.2) is 0 Å². The fourth-order valence-corrected chi connectivity index (χ4v) is 3.16. The van der Waals surface area contributed by atoms with Crippen LogP contribution < -0.4 is 11.1 Å². The lowest BCUT2D eigenvalue weighted by molar-refractivity contribution is -0.121.